The molecule has 0 radical (unpaired) electrons. The zero-order valence-electron chi connectivity index (χ0n) is 5.95. The summed E-state index contributed by atoms with van der Waals surface area (Å²) in [5, 5.41) is 9.80. The number of carboxylic acids is 1. The van der Waals surface area contributed by atoms with E-state index in [1.165, 1.54) is 0 Å². The third-order valence-electron chi connectivity index (χ3n) is 0.939. The van der Waals surface area contributed by atoms with Gasteiger partial charge in [0.1, 0.15) is 11.7 Å². The van der Waals surface area contributed by atoms with Gasteiger partial charge in [-0.1, -0.05) is 0 Å². The average Bonchev–Trinajstić information content (AvgIpc) is 2.37. The second-order valence-corrected chi connectivity index (χ2v) is 2.21. The number of nitrogens with zero attached hydrogens (tertiary/aromatic N) is 2. The molecule has 0 saturated carbocycles. The number of carbonyl (C=O) groups is 1. The van der Waals surface area contributed by atoms with Crippen molar-refractivity contribution < 1.29 is 37.5 Å². The zero-order chi connectivity index (χ0) is 8.48. The molecule has 0 unspecified atom stereocenters. The summed E-state index contributed by atoms with van der Waals surface area (Å²) in [6.45, 7) is 0. The predicted molar refractivity (Wildman–Crippen MR) is 28.8 cm³/mol. The molecule has 0 aromatic carbocycles. The van der Waals surface area contributed by atoms with Gasteiger partial charge in [-0.2, -0.15) is 17.5 Å². The molecule has 60 valence electrons. The van der Waals surface area contributed by atoms with Crippen LogP contribution >= 0.6 is 11.7 Å². The van der Waals surface area contributed by atoms with E-state index in [1.807, 2.05) is 0 Å². The van der Waals surface area contributed by atoms with Crippen LogP contribution in [0.25, 0.3) is 0 Å². The number of hydrogen-bond donors (Lipinski definition) is 0. The third kappa shape index (κ3) is 2.00. The topological polar surface area (TPSA) is 65.9 Å². The standard InChI is InChI=1S/C4H2F2N2O2S.Li/c5-4(6,3(9)10)2-1-7-11-8-2;/h1H,(H,9,10);/q;+1/p-1. The summed E-state index contributed by atoms with van der Waals surface area (Å²) in [6, 6.07) is 0. The molecule has 0 aliphatic heterocycles. The number of hydrogen-bond acceptors (Lipinski definition) is 5. The fourth-order valence-electron chi connectivity index (χ4n) is 0.408. The molecule has 0 spiro atoms. The molecule has 0 aliphatic rings. The molecule has 0 saturated heterocycles. The van der Waals surface area contributed by atoms with Crippen LogP contribution in [0.15, 0.2) is 6.20 Å². The Bertz CT molecular complexity index is 266. The van der Waals surface area contributed by atoms with Crippen molar-refractivity contribution in [2.24, 2.45) is 0 Å². The maximum atomic E-state index is 12.4. The first kappa shape index (κ1) is 11.5. The average molecular weight is 186 g/mol. The van der Waals surface area contributed by atoms with Crippen molar-refractivity contribution in [2.45, 2.75) is 5.92 Å². The molecule has 1 aromatic heterocycles. The minimum atomic E-state index is -4.03. The predicted octanol–water partition coefficient (Wildman–Crippen LogP) is -3.62. The summed E-state index contributed by atoms with van der Waals surface area (Å²) in [6.07, 6.45) is 0.695. The monoisotopic (exact) mass is 186 g/mol. The molecule has 1 aromatic rings. The minimum Gasteiger partial charge on any atom is -0.544 e. The van der Waals surface area contributed by atoms with Gasteiger partial charge in [0, 0.05) is 0 Å². The van der Waals surface area contributed by atoms with Gasteiger partial charge in [-0.05, 0) is 0 Å². The molecule has 1 rings (SSSR count). The summed E-state index contributed by atoms with van der Waals surface area (Å²) in [4.78, 5) is 9.80. The van der Waals surface area contributed by atoms with Gasteiger partial charge in [0.2, 0.25) is 0 Å². The summed E-state index contributed by atoms with van der Waals surface area (Å²) < 4.78 is 31.0. The van der Waals surface area contributed by atoms with Crippen LogP contribution in [0, 0.1) is 0 Å². The van der Waals surface area contributed by atoms with Crippen LogP contribution in [0.3, 0.4) is 0 Å². The van der Waals surface area contributed by atoms with E-state index in [4.69, 9.17) is 0 Å². The van der Waals surface area contributed by atoms with E-state index < -0.39 is 17.6 Å². The molecule has 0 fully saturated rings. The molecular weight excluding hydrogens is 185 g/mol. The first-order valence-corrected chi connectivity index (χ1v) is 3.15. The SMILES string of the molecule is O=C([O-])C(F)(F)c1cnsn1.[Li+]. The number of rotatable bonds is 2. The van der Waals surface area contributed by atoms with Crippen LogP contribution in [0.4, 0.5) is 8.78 Å². The van der Waals surface area contributed by atoms with Crippen molar-refractivity contribution in [3.05, 3.63) is 11.9 Å². The number of aromatic nitrogens is 2. The minimum absolute atomic E-state index is 0. The largest absolute Gasteiger partial charge is 1.00 e. The zero-order valence-corrected chi connectivity index (χ0v) is 6.77. The number of carbonyl (C=O) groups excluding carboxylic acids is 1. The molecule has 1 heterocycles. The van der Waals surface area contributed by atoms with E-state index >= 15 is 0 Å². The Hall–Kier alpha value is -0.513. The molecule has 0 N–H and O–H groups in total. The summed E-state index contributed by atoms with van der Waals surface area (Å²) in [7, 11) is 0. The molecule has 4 nitrogen and oxygen atoms in total. The third-order valence-corrected chi connectivity index (χ3v) is 1.42. The first-order chi connectivity index (χ1) is 5.05. The van der Waals surface area contributed by atoms with E-state index in [2.05, 4.69) is 8.75 Å². The van der Waals surface area contributed by atoms with Gasteiger partial charge >= 0.3 is 24.8 Å². The van der Waals surface area contributed by atoms with E-state index in [0.717, 1.165) is 0 Å². The van der Waals surface area contributed by atoms with Crippen LogP contribution in [-0.4, -0.2) is 14.7 Å². The van der Waals surface area contributed by atoms with Gasteiger partial charge in [-0.3, -0.25) is 0 Å². The van der Waals surface area contributed by atoms with Gasteiger partial charge in [-0.25, -0.2) is 0 Å². The summed E-state index contributed by atoms with van der Waals surface area (Å²) in [5.74, 6) is -6.50. The molecule has 0 bridgehead atoms. The molecule has 12 heavy (non-hydrogen) atoms. The van der Waals surface area contributed by atoms with Gasteiger partial charge in [0.05, 0.1) is 17.9 Å². The number of carboxylic acid groups (broad SMARTS) is 1. The summed E-state index contributed by atoms with van der Waals surface area (Å²) >= 11 is 0.513. The van der Waals surface area contributed by atoms with E-state index in [-0.39, 0.29) is 18.9 Å². The van der Waals surface area contributed by atoms with E-state index in [9.17, 15) is 18.7 Å². The second kappa shape index (κ2) is 3.94. The van der Waals surface area contributed by atoms with Crippen LogP contribution in [0.2, 0.25) is 0 Å². The fourth-order valence-corrected chi connectivity index (χ4v) is 0.851. The normalized spacial score (nSPS) is 10.5. The van der Waals surface area contributed by atoms with Crippen LogP contribution in [-0.2, 0) is 10.7 Å². The van der Waals surface area contributed by atoms with Gasteiger partial charge in [-0.15, -0.1) is 0 Å². The van der Waals surface area contributed by atoms with Crippen molar-refractivity contribution in [3.8, 4) is 0 Å². The van der Waals surface area contributed by atoms with Crippen molar-refractivity contribution in [1.29, 1.82) is 0 Å². The van der Waals surface area contributed by atoms with Crippen molar-refractivity contribution >= 4 is 17.7 Å². The Labute approximate surface area is 82.1 Å². The Morgan fingerprint density at radius 3 is 2.58 bits per heavy atom. The quantitative estimate of drug-likeness (QED) is 0.447. The van der Waals surface area contributed by atoms with Crippen LogP contribution in [0.5, 0.6) is 0 Å². The Kier molecular flexibility index (Phi) is 3.77. The van der Waals surface area contributed by atoms with Gasteiger partial charge < -0.3 is 9.90 Å². The number of halogens is 2. The smallest absolute Gasteiger partial charge is 0.544 e. The Morgan fingerprint density at radius 1 is 1.67 bits per heavy atom. The molecule has 0 amide bonds. The van der Waals surface area contributed by atoms with Crippen molar-refractivity contribution in [1.82, 2.24) is 8.75 Å². The maximum absolute atomic E-state index is 12.4. The van der Waals surface area contributed by atoms with Crippen LogP contribution in [0.1, 0.15) is 5.69 Å². The van der Waals surface area contributed by atoms with Gasteiger partial charge in [0.15, 0.2) is 0 Å². The molecule has 0 atom stereocenters. The number of aliphatic carboxylic acids is 1. The van der Waals surface area contributed by atoms with Crippen molar-refractivity contribution in [2.75, 3.05) is 0 Å². The van der Waals surface area contributed by atoms with Gasteiger partial charge in [0.25, 0.3) is 0 Å². The Morgan fingerprint density at radius 2 is 2.25 bits per heavy atom. The molecule has 0 aliphatic carbocycles. The van der Waals surface area contributed by atoms with E-state index in [1.54, 1.807) is 0 Å². The summed E-state index contributed by atoms with van der Waals surface area (Å²) in [5.41, 5.74) is -0.887. The maximum Gasteiger partial charge on any atom is 1.00 e. The fraction of sp³-hybridized carbons (Fsp3) is 0.250. The molecular formula is C4HF2LiN2O2S. The van der Waals surface area contributed by atoms with Crippen molar-refractivity contribution in [3.63, 3.8) is 0 Å². The van der Waals surface area contributed by atoms with Crippen LogP contribution < -0.4 is 24.0 Å². The Balaban J connectivity index is 0.00000121. The molecule has 8 heteroatoms. The first-order valence-electron chi connectivity index (χ1n) is 2.42. The second-order valence-electron chi connectivity index (χ2n) is 1.65. The van der Waals surface area contributed by atoms with E-state index in [0.29, 0.717) is 17.9 Å². The number of alkyl halides is 2.